The first-order valence-corrected chi connectivity index (χ1v) is 6.10. The van der Waals surface area contributed by atoms with E-state index in [1.807, 2.05) is 6.92 Å². The molecule has 1 atom stereocenters. The second kappa shape index (κ2) is 5.92. The predicted molar refractivity (Wildman–Crippen MR) is 73.0 cm³/mol. The quantitative estimate of drug-likeness (QED) is 0.671. The van der Waals surface area contributed by atoms with Gasteiger partial charge in [0.2, 0.25) is 0 Å². The maximum absolute atomic E-state index is 5.96. The van der Waals surface area contributed by atoms with Crippen LogP contribution in [0.1, 0.15) is 13.3 Å². The largest absolute Gasteiger partial charge is 0.482 e. The molecule has 0 spiro atoms. The lowest BCUT2D eigenvalue weighted by molar-refractivity contribution is 0.264. The third kappa shape index (κ3) is 3.39. The molecule has 2 N–H and O–H groups in total. The zero-order chi connectivity index (χ0) is 12.3. The van der Waals surface area contributed by atoms with Gasteiger partial charge in [0, 0.05) is 6.07 Å². The predicted octanol–water partition coefficient (Wildman–Crippen LogP) is 4.09. The minimum Gasteiger partial charge on any atom is -0.482 e. The number of hydrogen-bond acceptors (Lipinski definition) is 2. The molecular weight excluding hydrogens is 289 g/mol. The number of rotatable bonds is 4. The summed E-state index contributed by atoms with van der Waals surface area (Å²) in [5, 5.41) is 1.13. The molecule has 1 unspecified atom stereocenters. The van der Waals surface area contributed by atoms with Gasteiger partial charge >= 0.3 is 0 Å². The Morgan fingerprint density at radius 2 is 1.88 bits per heavy atom. The molecule has 0 saturated heterocycles. The minimum absolute atomic E-state index is 0.282. The van der Waals surface area contributed by atoms with E-state index in [2.05, 4.69) is 0 Å². The molecule has 0 radical (unpaired) electrons. The molecule has 0 saturated carbocycles. The van der Waals surface area contributed by atoms with Crippen LogP contribution in [0.5, 0.6) is 5.75 Å². The molecule has 88 valence electrons. The Hall–Kier alpha value is -0.220. The van der Waals surface area contributed by atoms with Crippen LogP contribution in [-0.2, 0) is 0 Å². The summed E-state index contributed by atoms with van der Waals surface area (Å²) in [6.07, 6.45) is 0.302. The first kappa shape index (κ1) is 13.8. The van der Waals surface area contributed by atoms with Gasteiger partial charge in [0.25, 0.3) is 0 Å². The molecule has 0 amide bonds. The van der Waals surface area contributed by atoms with E-state index in [-0.39, 0.29) is 11.1 Å². The normalized spacial score (nSPS) is 12.2. The van der Waals surface area contributed by atoms with Crippen molar-refractivity contribution >= 4 is 52.0 Å². The van der Waals surface area contributed by atoms with E-state index >= 15 is 0 Å². The summed E-state index contributed by atoms with van der Waals surface area (Å²) in [7, 11) is 0. The third-order valence-electron chi connectivity index (χ3n) is 1.93. The molecule has 2 nitrogen and oxygen atoms in total. The Morgan fingerprint density at radius 3 is 2.38 bits per heavy atom. The lowest BCUT2D eigenvalue weighted by atomic mass is 10.2. The molecule has 1 aromatic rings. The van der Waals surface area contributed by atoms with Gasteiger partial charge in [-0.05, 0) is 12.5 Å². The Kier molecular flexibility index (Phi) is 5.12. The van der Waals surface area contributed by atoms with Crippen LogP contribution in [0, 0.1) is 0 Å². The van der Waals surface area contributed by atoms with Crippen LogP contribution in [0.2, 0.25) is 15.1 Å². The summed E-state index contributed by atoms with van der Waals surface area (Å²) < 4.78 is 5.55. The van der Waals surface area contributed by atoms with Crippen LogP contribution in [0.15, 0.2) is 12.1 Å². The highest BCUT2D eigenvalue weighted by Gasteiger charge is 2.14. The van der Waals surface area contributed by atoms with E-state index in [1.165, 1.54) is 6.07 Å². The van der Waals surface area contributed by atoms with Crippen LogP contribution >= 0.6 is 47.0 Å². The average molecular weight is 299 g/mol. The van der Waals surface area contributed by atoms with Gasteiger partial charge in [0.05, 0.1) is 15.1 Å². The van der Waals surface area contributed by atoms with Crippen molar-refractivity contribution in [2.75, 3.05) is 0 Å². The first-order chi connectivity index (χ1) is 7.45. The summed E-state index contributed by atoms with van der Waals surface area (Å²) >= 11 is 22.5. The molecule has 1 aromatic carbocycles. The minimum atomic E-state index is -0.357. The second-order valence-electron chi connectivity index (χ2n) is 3.11. The molecule has 16 heavy (non-hydrogen) atoms. The lowest BCUT2D eigenvalue weighted by Crippen LogP contribution is -2.31. The van der Waals surface area contributed by atoms with Crippen molar-refractivity contribution in [3.05, 3.63) is 27.2 Å². The summed E-state index contributed by atoms with van der Waals surface area (Å²) in [5.41, 5.74) is 5.52. The fourth-order valence-corrected chi connectivity index (χ4v) is 1.89. The molecule has 0 heterocycles. The van der Waals surface area contributed by atoms with Crippen molar-refractivity contribution in [1.29, 1.82) is 0 Å². The van der Waals surface area contributed by atoms with E-state index in [0.717, 1.165) is 0 Å². The highest BCUT2D eigenvalue weighted by molar-refractivity contribution is 7.80. The highest BCUT2D eigenvalue weighted by atomic mass is 35.5. The van der Waals surface area contributed by atoms with E-state index in [9.17, 15) is 0 Å². The molecule has 0 aromatic heterocycles. The average Bonchev–Trinajstić information content (AvgIpc) is 2.21. The van der Waals surface area contributed by atoms with Gasteiger partial charge in [0.15, 0.2) is 0 Å². The summed E-state index contributed by atoms with van der Waals surface area (Å²) in [5.74, 6) is 0.427. The van der Waals surface area contributed by atoms with Gasteiger partial charge in [-0.15, -0.1) is 0 Å². The van der Waals surface area contributed by atoms with Crippen molar-refractivity contribution in [3.63, 3.8) is 0 Å². The van der Waals surface area contributed by atoms with E-state index in [4.69, 9.17) is 57.5 Å². The second-order valence-corrected chi connectivity index (χ2v) is 4.81. The van der Waals surface area contributed by atoms with Crippen LogP contribution in [0.3, 0.4) is 0 Å². The van der Waals surface area contributed by atoms with Crippen molar-refractivity contribution < 1.29 is 4.74 Å². The van der Waals surface area contributed by atoms with Gasteiger partial charge in [0.1, 0.15) is 16.8 Å². The van der Waals surface area contributed by atoms with Crippen molar-refractivity contribution in [2.45, 2.75) is 19.4 Å². The SMILES string of the molecule is CCC(Oc1cc(Cl)c(Cl)cc1Cl)C(N)=S. The molecule has 6 heteroatoms. The highest BCUT2D eigenvalue weighted by Crippen LogP contribution is 2.34. The molecule has 0 bridgehead atoms. The fraction of sp³-hybridized carbons (Fsp3) is 0.300. The lowest BCUT2D eigenvalue weighted by Gasteiger charge is -2.17. The van der Waals surface area contributed by atoms with Gasteiger partial charge in [-0.1, -0.05) is 53.9 Å². The molecule has 0 aliphatic heterocycles. The van der Waals surface area contributed by atoms with Crippen molar-refractivity contribution in [1.82, 2.24) is 0 Å². The maximum Gasteiger partial charge on any atom is 0.148 e. The number of nitrogens with two attached hydrogens (primary N) is 1. The van der Waals surface area contributed by atoms with Crippen LogP contribution < -0.4 is 10.5 Å². The number of thiocarbonyl (C=S) groups is 1. The molecule has 1 rings (SSSR count). The summed E-state index contributed by atoms with van der Waals surface area (Å²) in [6, 6.07) is 3.07. The Morgan fingerprint density at radius 1 is 1.31 bits per heavy atom. The standard InChI is InChI=1S/C10H10Cl3NOS/c1-2-8(10(14)16)15-9-4-6(12)5(11)3-7(9)13/h3-4,8H,2H2,1H3,(H2,14,16). The fourth-order valence-electron chi connectivity index (χ4n) is 1.09. The van der Waals surface area contributed by atoms with Gasteiger partial charge < -0.3 is 10.5 Å². The van der Waals surface area contributed by atoms with E-state index in [1.54, 1.807) is 6.07 Å². The van der Waals surface area contributed by atoms with Gasteiger partial charge in [-0.2, -0.15) is 0 Å². The molecule has 0 aliphatic carbocycles. The number of ether oxygens (including phenoxy) is 1. The number of halogens is 3. The topological polar surface area (TPSA) is 35.2 Å². The zero-order valence-electron chi connectivity index (χ0n) is 8.47. The Balaban J connectivity index is 2.96. The molecule has 0 fully saturated rings. The van der Waals surface area contributed by atoms with Crippen LogP contribution in [-0.4, -0.2) is 11.1 Å². The third-order valence-corrected chi connectivity index (χ3v) is 3.21. The van der Waals surface area contributed by atoms with Crippen molar-refractivity contribution in [3.8, 4) is 5.75 Å². The molecular formula is C10H10Cl3NOS. The van der Waals surface area contributed by atoms with E-state index in [0.29, 0.717) is 27.2 Å². The summed E-state index contributed by atoms with van der Waals surface area (Å²) in [6.45, 7) is 1.91. The summed E-state index contributed by atoms with van der Waals surface area (Å²) in [4.78, 5) is 0.282. The first-order valence-electron chi connectivity index (χ1n) is 4.56. The number of hydrogen-bond donors (Lipinski definition) is 1. The van der Waals surface area contributed by atoms with Gasteiger partial charge in [-0.3, -0.25) is 0 Å². The van der Waals surface area contributed by atoms with Crippen molar-refractivity contribution in [2.24, 2.45) is 5.73 Å². The number of benzene rings is 1. The monoisotopic (exact) mass is 297 g/mol. The van der Waals surface area contributed by atoms with Crippen LogP contribution in [0.25, 0.3) is 0 Å². The Labute approximate surface area is 115 Å². The van der Waals surface area contributed by atoms with Gasteiger partial charge in [-0.25, -0.2) is 0 Å². The smallest absolute Gasteiger partial charge is 0.148 e. The van der Waals surface area contributed by atoms with E-state index < -0.39 is 0 Å². The zero-order valence-corrected chi connectivity index (χ0v) is 11.6. The maximum atomic E-state index is 5.96. The Bertz CT molecular complexity index is 411. The van der Waals surface area contributed by atoms with Crippen LogP contribution in [0.4, 0.5) is 0 Å². The molecule has 0 aliphatic rings.